The Morgan fingerprint density at radius 3 is 2.30 bits per heavy atom. The molecule has 0 bridgehead atoms. The Labute approximate surface area is 193 Å². The van der Waals surface area contributed by atoms with Gasteiger partial charge in [-0.2, -0.15) is 4.31 Å². The number of carbonyl (C=O) groups excluding carboxylic acids is 1. The van der Waals surface area contributed by atoms with Crippen molar-refractivity contribution >= 4 is 26.0 Å². The number of sulfonamides is 2. The molecule has 1 fully saturated rings. The third-order valence-corrected chi connectivity index (χ3v) is 8.59. The molecule has 9 nitrogen and oxygen atoms in total. The monoisotopic (exact) mass is 499 g/mol. The van der Waals surface area contributed by atoms with Gasteiger partial charge >= 0.3 is 0 Å². The van der Waals surface area contributed by atoms with Gasteiger partial charge in [0.05, 0.1) is 12.0 Å². The molecule has 180 valence electrons. The summed E-state index contributed by atoms with van der Waals surface area (Å²) in [6, 6.07) is 8.95. The van der Waals surface area contributed by atoms with Crippen LogP contribution >= 0.6 is 0 Å². The van der Waals surface area contributed by atoms with Gasteiger partial charge < -0.3 is 10.1 Å². The fraction of sp³-hybridized carbons (Fsp3) is 0.381. The zero-order valence-electron chi connectivity index (χ0n) is 18.1. The molecule has 1 amide bonds. The van der Waals surface area contributed by atoms with Gasteiger partial charge in [-0.05, 0) is 55.3 Å². The predicted octanol–water partition coefficient (Wildman–Crippen LogP) is 1.72. The third-order valence-electron chi connectivity index (χ3n) is 5.20. The van der Waals surface area contributed by atoms with Crippen LogP contribution in [0.3, 0.4) is 0 Å². The topological polar surface area (TPSA) is 122 Å². The molecule has 1 aliphatic rings. The summed E-state index contributed by atoms with van der Waals surface area (Å²) in [5, 5.41) is 2.50. The first-order chi connectivity index (χ1) is 15.6. The molecule has 0 unspecified atom stereocenters. The van der Waals surface area contributed by atoms with Gasteiger partial charge in [0.15, 0.2) is 0 Å². The molecule has 0 saturated carbocycles. The Bertz CT molecular complexity index is 1200. The second-order valence-electron chi connectivity index (χ2n) is 7.44. The van der Waals surface area contributed by atoms with E-state index in [0.29, 0.717) is 31.7 Å². The first kappa shape index (κ1) is 25.1. The Morgan fingerprint density at radius 2 is 1.67 bits per heavy atom. The van der Waals surface area contributed by atoms with Crippen molar-refractivity contribution in [3.63, 3.8) is 0 Å². The van der Waals surface area contributed by atoms with E-state index in [1.807, 2.05) is 0 Å². The van der Waals surface area contributed by atoms with Crippen molar-refractivity contribution < 1.29 is 30.8 Å². The Balaban J connectivity index is 1.61. The first-order valence-corrected chi connectivity index (χ1v) is 13.3. The summed E-state index contributed by atoms with van der Waals surface area (Å²) in [6.45, 7) is 0.471. The number of rotatable bonds is 9. The van der Waals surface area contributed by atoms with Crippen LogP contribution in [-0.2, 0) is 20.0 Å². The summed E-state index contributed by atoms with van der Waals surface area (Å²) in [5.41, 5.74) is -0.0370. The summed E-state index contributed by atoms with van der Waals surface area (Å²) in [7, 11) is -6.36. The molecular weight excluding hydrogens is 473 g/mol. The van der Waals surface area contributed by atoms with Gasteiger partial charge in [0.25, 0.3) is 5.91 Å². The maximum atomic E-state index is 14.3. The molecule has 2 aromatic rings. The molecule has 33 heavy (non-hydrogen) atoms. The van der Waals surface area contributed by atoms with E-state index in [0.717, 1.165) is 18.6 Å². The molecule has 0 spiro atoms. The highest BCUT2D eigenvalue weighted by Gasteiger charge is 2.29. The number of amides is 1. The molecular formula is C21H26FN3O6S2. The number of hydrogen-bond donors (Lipinski definition) is 2. The van der Waals surface area contributed by atoms with Crippen LogP contribution in [0.2, 0.25) is 0 Å². The van der Waals surface area contributed by atoms with Crippen LogP contribution < -0.4 is 14.8 Å². The van der Waals surface area contributed by atoms with Gasteiger partial charge in [0, 0.05) is 31.7 Å². The molecule has 0 atom stereocenters. The van der Waals surface area contributed by atoms with Crippen LogP contribution in [0, 0.1) is 5.82 Å². The fourth-order valence-electron chi connectivity index (χ4n) is 3.39. The number of carbonyl (C=O) groups is 1. The molecule has 2 N–H and O–H groups in total. The van der Waals surface area contributed by atoms with Gasteiger partial charge in [-0.3, -0.25) is 4.79 Å². The minimum absolute atomic E-state index is 0.0370. The number of halogens is 1. The van der Waals surface area contributed by atoms with Crippen LogP contribution in [0.1, 0.15) is 29.6 Å². The van der Waals surface area contributed by atoms with Crippen molar-refractivity contribution in [1.29, 1.82) is 0 Å². The smallest absolute Gasteiger partial charge is 0.251 e. The molecule has 2 aromatic carbocycles. The van der Waals surface area contributed by atoms with Gasteiger partial charge in [0.2, 0.25) is 20.0 Å². The maximum absolute atomic E-state index is 14.3. The SMILES string of the molecule is COc1ccc(S(=O)(=O)NCCNC(=O)c2ccc(F)c(S(=O)(=O)N3CCCCC3)c2)cc1. The number of nitrogens with one attached hydrogen (secondary N) is 2. The minimum atomic E-state index is -4.05. The lowest BCUT2D eigenvalue weighted by Gasteiger charge is -2.26. The lowest BCUT2D eigenvalue weighted by molar-refractivity contribution is 0.0954. The van der Waals surface area contributed by atoms with Crippen LogP contribution in [0.5, 0.6) is 5.75 Å². The van der Waals surface area contributed by atoms with Crippen LogP contribution in [-0.4, -0.2) is 60.3 Å². The van der Waals surface area contributed by atoms with Crippen LogP contribution in [0.25, 0.3) is 0 Å². The van der Waals surface area contributed by atoms with Gasteiger partial charge in [0.1, 0.15) is 16.5 Å². The Morgan fingerprint density at radius 1 is 1.00 bits per heavy atom. The summed E-state index contributed by atoms with van der Waals surface area (Å²) >= 11 is 0. The van der Waals surface area contributed by atoms with E-state index in [1.54, 1.807) is 0 Å². The highest BCUT2D eigenvalue weighted by atomic mass is 32.2. The van der Waals surface area contributed by atoms with Gasteiger partial charge in [-0.25, -0.2) is 25.9 Å². The van der Waals surface area contributed by atoms with E-state index in [4.69, 9.17) is 4.74 Å². The van der Waals surface area contributed by atoms with Crippen molar-refractivity contribution in [2.24, 2.45) is 0 Å². The zero-order valence-corrected chi connectivity index (χ0v) is 19.7. The number of benzene rings is 2. The standard InChI is InChI=1S/C21H26FN3O6S2/c1-31-17-6-8-18(9-7-17)32(27,28)24-12-11-23-21(26)16-5-10-19(22)20(15-16)33(29,30)25-13-3-2-4-14-25/h5-10,15,24H,2-4,11-14H2,1H3,(H,23,26). The highest BCUT2D eigenvalue weighted by molar-refractivity contribution is 7.89. The largest absolute Gasteiger partial charge is 0.497 e. The number of ether oxygens (including phenoxy) is 1. The van der Waals surface area contributed by atoms with E-state index in [1.165, 1.54) is 41.7 Å². The van der Waals surface area contributed by atoms with Crippen LogP contribution in [0.4, 0.5) is 4.39 Å². The molecule has 12 heteroatoms. The van der Waals surface area contributed by atoms with Gasteiger partial charge in [-0.1, -0.05) is 6.42 Å². The number of hydrogen-bond acceptors (Lipinski definition) is 6. The summed E-state index contributed by atoms with van der Waals surface area (Å²) in [5.74, 6) is -1.06. The highest BCUT2D eigenvalue weighted by Crippen LogP contribution is 2.24. The summed E-state index contributed by atoms with van der Waals surface area (Å²) in [6.07, 6.45) is 2.32. The summed E-state index contributed by atoms with van der Waals surface area (Å²) < 4.78 is 73.1. The number of piperidine rings is 1. The van der Waals surface area contributed by atoms with Crippen molar-refractivity contribution in [3.05, 3.63) is 53.8 Å². The Kier molecular flexibility index (Phi) is 8.05. The second-order valence-corrected chi connectivity index (χ2v) is 11.1. The van der Waals surface area contributed by atoms with Crippen molar-refractivity contribution in [3.8, 4) is 5.75 Å². The van der Waals surface area contributed by atoms with Crippen molar-refractivity contribution in [1.82, 2.24) is 14.3 Å². The average Bonchev–Trinajstić information content (AvgIpc) is 2.82. The molecule has 1 saturated heterocycles. The van der Waals surface area contributed by atoms with Crippen molar-refractivity contribution in [2.45, 2.75) is 29.1 Å². The number of methoxy groups -OCH3 is 1. The Hall–Kier alpha value is -2.54. The molecule has 3 rings (SSSR count). The van der Waals surface area contributed by atoms with Crippen molar-refractivity contribution in [2.75, 3.05) is 33.3 Å². The normalized spacial score (nSPS) is 15.2. The number of nitrogens with zero attached hydrogens (tertiary/aromatic N) is 1. The first-order valence-electron chi connectivity index (χ1n) is 10.4. The maximum Gasteiger partial charge on any atom is 0.251 e. The van der Waals surface area contributed by atoms with Gasteiger partial charge in [-0.15, -0.1) is 0 Å². The van der Waals surface area contributed by atoms with E-state index >= 15 is 0 Å². The summed E-state index contributed by atoms with van der Waals surface area (Å²) in [4.78, 5) is 11.9. The zero-order chi connectivity index (χ0) is 24.1. The average molecular weight is 500 g/mol. The second kappa shape index (κ2) is 10.6. The molecule has 1 aliphatic heterocycles. The molecule has 0 radical (unpaired) electrons. The van der Waals surface area contributed by atoms with E-state index in [-0.39, 0.29) is 23.5 Å². The fourth-order valence-corrected chi connectivity index (χ4v) is 6.03. The molecule has 1 heterocycles. The third kappa shape index (κ3) is 6.08. The molecule has 0 aliphatic carbocycles. The lowest BCUT2D eigenvalue weighted by atomic mass is 10.2. The van der Waals surface area contributed by atoms with E-state index < -0.39 is 36.7 Å². The molecule has 0 aromatic heterocycles. The van der Waals surface area contributed by atoms with E-state index in [2.05, 4.69) is 10.0 Å². The van der Waals surface area contributed by atoms with Crippen LogP contribution in [0.15, 0.2) is 52.3 Å². The quantitative estimate of drug-likeness (QED) is 0.507. The predicted molar refractivity (Wildman–Crippen MR) is 120 cm³/mol. The minimum Gasteiger partial charge on any atom is -0.497 e. The van der Waals surface area contributed by atoms with E-state index in [9.17, 15) is 26.0 Å². The lowest BCUT2D eigenvalue weighted by Crippen LogP contribution is -2.36.